The third-order valence-corrected chi connectivity index (χ3v) is 7.94. The van der Waals surface area contributed by atoms with Gasteiger partial charge in [-0.05, 0) is 49.0 Å². The molecule has 2 saturated carbocycles. The standard InChI is InChI=1S/C23H28O5/c1-13(24)28-12-20(27)18-7-6-17-16-5-4-14-10-15(25)8-9-22(14,2)21(16)19(26)11-23(17,18)3/h7,10,16-17,21H,4-6,8-9,11-12H2,1-3H3/t16-,17-,21+,22-,23-/m0/s1. The molecule has 5 atom stereocenters. The molecular formula is C23H28O5. The van der Waals surface area contributed by atoms with E-state index in [0.29, 0.717) is 18.4 Å². The van der Waals surface area contributed by atoms with Crippen LogP contribution in [-0.2, 0) is 23.9 Å². The molecule has 5 heteroatoms. The summed E-state index contributed by atoms with van der Waals surface area (Å²) in [6.07, 6.45) is 7.94. The van der Waals surface area contributed by atoms with Gasteiger partial charge >= 0.3 is 5.97 Å². The SMILES string of the molecule is CC(=O)OCC(=O)C1=CC[C@H]2[C@@H]3CCC4=CC(=O)CC[C@]4(C)[C@H]3C(=O)C[C@]12C. The second-order valence-corrected chi connectivity index (χ2v) is 9.46. The van der Waals surface area contributed by atoms with Gasteiger partial charge in [0.2, 0.25) is 0 Å². The van der Waals surface area contributed by atoms with Gasteiger partial charge < -0.3 is 4.74 Å². The lowest BCUT2D eigenvalue weighted by molar-refractivity contribution is -0.147. The summed E-state index contributed by atoms with van der Waals surface area (Å²) >= 11 is 0. The molecule has 4 aliphatic rings. The summed E-state index contributed by atoms with van der Waals surface area (Å²) in [4.78, 5) is 49.1. The number of carbonyl (C=O) groups excluding carboxylic acids is 4. The molecule has 4 rings (SSSR count). The number of ether oxygens (including phenoxy) is 1. The van der Waals surface area contributed by atoms with Crippen LogP contribution in [0.1, 0.15) is 59.3 Å². The summed E-state index contributed by atoms with van der Waals surface area (Å²) in [7, 11) is 0. The number of fused-ring (bicyclic) bond motifs is 5. The van der Waals surface area contributed by atoms with E-state index in [9.17, 15) is 19.2 Å². The lowest BCUT2D eigenvalue weighted by Gasteiger charge is -2.56. The number of hydrogen-bond donors (Lipinski definition) is 0. The minimum atomic E-state index is -0.475. The van der Waals surface area contributed by atoms with Gasteiger partial charge in [-0.3, -0.25) is 19.2 Å². The molecular weight excluding hydrogens is 356 g/mol. The first-order chi connectivity index (χ1) is 13.2. The number of carbonyl (C=O) groups is 4. The monoisotopic (exact) mass is 384 g/mol. The molecule has 28 heavy (non-hydrogen) atoms. The summed E-state index contributed by atoms with van der Waals surface area (Å²) in [6, 6.07) is 0. The van der Waals surface area contributed by atoms with Crippen molar-refractivity contribution in [3.63, 3.8) is 0 Å². The maximum absolute atomic E-state index is 13.4. The molecule has 0 heterocycles. The van der Waals surface area contributed by atoms with Gasteiger partial charge in [-0.25, -0.2) is 0 Å². The van der Waals surface area contributed by atoms with Crippen LogP contribution in [0.4, 0.5) is 0 Å². The number of rotatable bonds is 3. The first-order valence-corrected chi connectivity index (χ1v) is 10.3. The van der Waals surface area contributed by atoms with Gasteiger partial charge in [0.15, 0.2) is 18.2 Å². The molecule has 0 saturated heterocycles. The van der Waals surface area contributed by atoms with Crippen molar-refractivity contribution in [2.75, 3.05) is 6.61 Å². The summed E-state index contributed by atoms with van der Waals surface area (Å²) in [5.74, 6) is 0.172. The molecule has 0 aromatic rings. The average Bonchev–Trinajstić information content (AvgIpc) is 2.96. The fourth-order valence-corrected chi connectivity index (χ4v) is 6.64. The lowest BCUT2D eigenvalue weighted by atomic mass is 9.46. The van der Waals surface area contributed by atoms with E-state index in [-0.39, 0.29) is 47.1 Å². The highest BCUT2D eigenvalue weighted by molar-refractivity contribution is 6.00. The number of allylic oxidation sites excluding steroid dienone is 3. The van der Waals surface area contributed by atoms with Gasteiger partial charge in [-0.15, -0.1) is 0 Å². The van der Waals surface area contributed by atoms with E-state index in [4.69, 9.17) is 4.74 Å². The van der Waals surface area contributed by atoms with E-state index < -0.39 is 11.4 Å². The first-order valence-electron chi connectivity index (χ1n) is 10.3. The van der Waals surface area contributed by atoms with Crippen molar-refractivity contribution in [2.24, 2.45) is 28.6 Å². The largest absolute Gasteiger partial charge is 0.457 e. The Morgan fingerprint density at radius 2 is 1.93 bits per heavy atom. The molecule has 0 amide bonds. The van der Waals surface area contributed by atoms with Gasteiger partial charge in [0, 0.05) is 36.7 Å². The maximum Gasteiger partial charge on any atom is 0.303 e. The highest BCUT2D eigenvalue weighted by atomic mass is 16.5. The molecule has 0 spiro atoms. The van der Waals surface area contributed by atoms with E-state index in [1.165, 1.54) is 6.92 Å². The molecule has 0 N–H and O–H groups in total. The zero-order valence-electron chi connectivity index (χ0n) is 16.9. The first kappa shape index (κ1) is 19.3. The van der Waals surface area contributed by atoms with E-state index >= 15 is 0 Å². The van der Waals surface area contributed by atoms with Gasteiger partial charge in [-0.1, -0.05) is 25.5 Å². The van der Waals surface area contributed by atoms with Crippen molar-refractivity contribution in [3.8, 4) is 0 Å². The van der Waals surface area contributed by atoms with E-state index in [1.807, 2.05) is 13.0 Å². The highest BCUT2D eigenvalue weighted by Gasteiger charge is 2.61. The second kappa shape index (κ2) is 6.50. The Morgan fingerprint density at radius 3 is 2.64 bits per heavy atom. The Bertz CT molecular complexity index is 834. The van der Waals surface area contributed by atoms with Gasteiger partial charge in [0.1, 0.15) is 5.78 Å². The Morgan fingerprint density at radius 1 is 1.18 bits per heavy atom. The molecule has 5 nitrogen and oxygen atoms in total. The number of esters is 1. The van der Waals surface area contributed by atoms with Crippen molar-refractivity contribution < 1.29 is 23.9 Å². The predicted molar refractivity (Wildman–Crippen MR) is 102 cm³/mol. The summed E-state index contributed by atoms with van der Waals surface area (Å²) in [6.45, 7) is 5.24. The Labute approximate surface area is 165 Å². The third-order valence-electron chi connectivity index (χ3n) is 7.94. The number of Topliss-reactive ketones (excluding diaryl/α,β-unsaturated/α-hetero) is 2. The molecule has 0 aromatic heterocycles. The zero-order valence-corrected chi connectivity index (χ0v) is 16.9. The number of ketones is 3. The van der Waals surface area contributed by atoms with Crippen molar-refractivity contribution in [2.45, 2.75) is 59.3 Å². The molecule has 0 radical (unpaired) electrons. The Balaban J connectivity index is 1.63. The van der Waals surface area contributed by atoms with Crippen LogP contribution in [0.2, 0.25) is 0 Å². The molecule has 0 bridgehead atoms. The highest BCUT2D eigenvalue weighted by Crippen LogP contribution is 2.64. The lowest BCUT2D eigenvalue weighted by Crippen LogP contribution is -2.54. The quantitative estimate of drug-likeness (QED) is 0.697. The van der Waals surface area contributed by atoms with Crippen molar-refractivity contribution in [1.29, 1.82) is 0 Å². The van der Waals surface area contributed by atoms with Gasteiger partial charge in [0.05, 0.1) is 0 Å². The fourth-order valence-electron chi connectivity index (χ4n) is 6.64. The van der Waals surface area contributed by atoms with Gasteiger partial charge in [0.25, 0.3) is 0 Å². The molecule has 2 fully saturated rings. The van der Waals surface area contributed by atoms with Crippen LogP contribution in [-0.4, -0.2) is 29.9 Å². The molecule has 150 valence electrons. The van der Waals surface area contributed by atoms with Crippen LogP contribution >= 0.6 is 0 Å². The van der Waals surface area contributed by atoms with Crippen molar-refractivity contribution in [1.82, 2.24) is 0 Å². The molecule has 4 aliphatic carbocycles. The number of hydrogen-bond acceptors (Lipinski definition) is 5. The van der Waals surface area contributed by atoms with Crippen molar-refractivity contribution >= 4 is 23.3 Å². The normalized spacial score (nSPS) is 39.3. The zero-order chi connectivity index (χ0) is 20.3. The fraction of sp³-hybridized carbons (Fsp3) is 0.652. The minimum absolute atomic E-state index is 0.0602. The van der Waals surface area contributed by atoms with Crippen LogP contribution in [0.3, 0.4) is 0 Å². The topological polar surface area (TPSA) is 77.5 Å². The van der Waals surface area contributed by atoms with Crippen molar-refractivity contribution in [3.05, 3.63) is 23.3 Å². The van der Waals surface area contributed by atoms with E-state index in [0.717, 1.165) is 31.3 Å². The van der Waals surface area contributed by atoms with Crippen LogP contribution in [0.25, 0.3) is 0 Å². The van der Waals surface area contributed by atoms with E-state index in [1.54, 1.807) is 6.08 Å². The average molecular weight is 384 g/mol. The van der Waals surface area contributed by atoms with Crippen LogP contribution in [0.15, 0.2) is 23.3 Å². The Kier molecular flexibility index (Phi) is 4.48. The third kappa shape index (κ3) is 2.73. The Hall–Kier alpha value is -2.04. The van der Waals surface area contributed by atoms with Crippen LogP contribution in [0.5, 0.6) is 0 Å². The molecule has 0 aromatic carbocycles. The smallest absolute Gasteiger partial charge is 0.303 e. The maximum atomic E-state index is 13.4. The van der Waals surface area contributed by atoms with E-state index in [2.05, 4.69) is 6.92 Å². The van der Waals surface area contributed by atoms with Crippen LogP contribution in [0, 0.1) is 28.6 Å². The van der Waals surface area contributed by atoms with Gasteiger partial charge in [-0.2, -0.15) is 0 Å². The minimum Gasteiger partial charge on any atom is -0.457 e. The summed E-state index contributed by atoms with van der Waals surface area (Å²) < 4.78 is 4.92. The summed E-state index contributed by atoms with van der Waals surface area (Å²) in [5.41, 5.74) is 1.12. The summed E-state index contributed by atoms with van der Waals surface area (Å²) in [5, 5.41) is 0. The van der Waals surface area contributed by atoms with Crippen LogP contribution < -0.4 is 0 Å². The molecule has 0 unspecified atom stereocenters. The molecule has 0 aliphatic heterocycles. The second-order valence-electron chi connectivity index (χ2n) is 9.46. The predicted octanol–water partition coefficient (Wildman–Crippen LogP) is 3.37.